The van der Waals surface area contributed by atoms with Crippen LogP contribution in [-0.2, 0) is 9.59 Å². The minimum Gasteiger partial charge on any atom is -0.493 e. The second kappa shape index (κ2) is 9.89. The number of hydrogen-bond acceptors (Lipinski definition) is 8. The number of nitrogens with zero attached hydrogens (tertiary/aromatic N) is 2. The van der Waals surface area contributed by atoms with E-state index in [1.54, 1.807) is 29.5 Å². The third kappa shape index (κ3) is 5.93. The molecular weight excluding hydrogens is 412 g/mol. The number of nitrogens with two attached hydrogens (primary N) is 1. The van der Waals surface area contributed by atoms with Gasteiger partial charge in [0.1, 0.15) is 0 Å². The van der Waals surface area contributed by atoms with Crippen LogP contribution in [0.15, 0.2) is 51.9 Å². The lowest BCUT2D eigenvalue weighted by Crippen LogP contribution is -2.20. The van der Waals surface area contributed by atoms with E-state index in [0.717, 1.165) is 14.6 Å². The lowest BCUT2D eigenvalue weighted by Gasteiger charge is -2.09. The molecule has 0 aliphatic carbocycles. The molecule has 150 valence electrons. The van der Waals surface area contributed by atoms with Gasteiger partial charge >= 0.3 is 0 Å². The van der Waals surface area contributed by atoms with E-state index < -0.39 is 5.91 Å². The normalized spacial score (nSPS) is 10.9. The Morgan fingerprint density at radius 2 is 2.10 bits per heavy atom. The predicted octanol–water partition coefficient (Wildman–Crippen LogP) is 2.41. The number of thiazole rings is 1. The first-order valence-corrected chi connectivity index (χ1v) is 10.2. The number of nitrogens with one attached hydrogen (secondary N) is 1. The molecule has 0 saturated heterocycles. The van der Waals surface area contributed by atoms with E-state index >= 15 is 0 Å². The molecule has 3 N–H and O–H groups in total. The third-order valence-electron chi connectivity index (χ3n) is 3.56. The molecule has 0 aliphatic rings. The minimum absolute atomic E-state index is 0.209. The van der Waals surface area contributed by atoms with Gasteiger partial charge in [-0.2, -0.15) is 5.10 Å². The SMILES string of the molecule is COc1cc(C=NNC(=O)CSc2nc3ccccc3s2)ccc1OCC(N)=O. The average molecular weight is 431 g/mol. The third-order valence-corrected chi connectivity index (χ3v) is 5.74. The van der Waals surface area contributed by atoms with Crippen LogP contribution in [0.4, 0.5) is 0 Å². The summed E-state index contributed by atoms with van der Waals surface area (Å²) in [4.78, 5) is 27.3. The molecule has 0 aliphatic heterocycles. The van der Waals surface area contributed by atoms with Gasteiger partial charge < -0.3 is 15.2 Å². The second-order valence-electron chi connectivity index (χ2n) is 5.69. The van der Waals surface area contributed by atoms with E-state index in [-0.39, 0.29) is 18.3 Å². The van der Waals surface area contributed by atoms with Crippen LogP contribution in [0.2, 0.25) is 0 Å². The number of amides is 2. The molecule has 1 aromatic heterocycles. The molecule has 3 aromatic rings. The maximum absolute atomic E-state index is 12.0. The zero-order valence-corrected chi connectivity index (χ0v) is 17.1. The highest BCUT2D eigenvalue weighted by Gasteiger charge is 2.08. The summed E-state index contributed by atoms with van der Waals surface area (Å²) in [5, 5.41) is 3.95. The lowest BCUT2D eigenvalue weighted by atomic mass is 10.2. The molecule has 10 heteroatoms. The molecule has 2 aromatic carbocycles. The molecule has 0 spiro atoms. The van der Waals surface area contributed by atoms with Crippen LogP contribution in [-0.4, -0.2) is 42.5 Å². The molecule has 0 atom stereocenters. The molecule has 0 radical (unpaired) electrons. The van der Waals surface area contributed by atoms with Crippen molar-refractivity contribution in [3.05, 3.63) is 48.0 Å². The van der Waals surface area contributed by atoms with Crippen molar-refractivity contribution in [3.63, 3.8) is 0 Å². The molecule has 3 rings (SSSR count). The number of thioether (sulfide) groups is 1. The number of para-hydroxylation sites is 1. The summed E-state index contributed by atoms with van der Waals surface area (Å²) in [6, 6.07) is 12.9. The highest BCUT2D eigenvalue weighted by Crippen LogP contribution is 2.29. The van der Waals surface area contributed by atoms with Crippen LogP contribution in [0, 0.1) is 0 Å². The number of hydrazone groups is 1. The van der Waals surface area contributed by atoms with Gasteiger partial charge in [-0.3, -0.25) is 9.59 Å². The van der Waals surface area contributed by atoms with Gasteiger partial charge in [0, 0.05) is 0 Å². The first kappa shape index (κ1) is 20.6. The number of carbonyl (C=O) groups is 2. The van der Waals surface area contributed by atoms with Crippen molar-refractivity contribution in [3.8, 4) is 11.5 Å². The lowest BCUT2D eigenvalue weighted by molar-refractivity contribution is -0.120. The van der Waals surface area contributed by atoms with Crippen molar-refractivity contribution < 1.29 is 19.1 Å². The zero-order chi connectivity index (χ0) is 20.6. The number of fused-ring (bicyclic) bond motifs is 1. The monoisotopic (exact) mass is 430 g/mol. The topological polar surface area (TPSA) is 116 Å². The van der Waals surface area contributed by atoms with E-state index in [9.17, 15) is 9.59 Å². The summed E-state index contributed by atoms with van der Waals surface area (Å²) < 4.78 is 12.4. The summed E-state index contributed by atoms with van der Waals surface area (Å²) in [5.41, 5.74) is 9.16. The standard InChI is InChI=1S/C19H18N4O4S2/c1-26-15-8-12(6-7-14(15)27-10-17(20)24)9-21-23-18(25)11-28-19-22-13-4-2-3-5-16(13)29-19/h2-9H,10-11H2,1H3,(H2,20,24)(H,23,25). The molecule has 1 heterocycles. The number of rotatable bonds is 9. The smallest absolute Gasteiger partial charge is 0.255 e. The molecule has 0 saturated carbocycles. The first-order chi connectivity index (χ1) is 14.0. The Morgan fingerprint density at radius 1 is 1.28 bits per heavy atom. The number of methoxy groups -OCH3 is 1. The number of benzene rings is 2. The molecule has 29 heavy (non-hydrogen) atoms. The Labute approximate surface area is 175 Å². The van der Waals surface area contributed by atoms with Gasteiger partial charge in [0.25, 0.3) is 11.8 Å². The van der Waals surface area contributed by atoms with E-state index in [1.165, 1.54) is 25.1 Å². The summed E-state index contributed by atoms with van der Waals surface area (Å²) in [6.07, 6.45) is 1.49. The number of hydrogen-bond donors (Lipinski definition) is 2. The van der Waals surface area contributed by atoms with Gasteiger partial charge in [-0.15, -0.1) is 11.3 Å². The van der Waals surface area contributed by atoms with Crippen LogP contribution < -0.4 is 20.6 Å². The van der Waals surface area contributed by atoms with Gasteiger partial charge in [-0.1, -0.05) is 23.9 Å². The first-order valence-electron chi connectivity index (χ1n) is 8.44. The Hall–Kier alpha value is -3.11. The van der Waals surface area contributed by atoms with Gasteiger partial charge in [0.05, 0.1) is 29.3 Å². The van der Waals surface area contributed by atoms with Crippen LogP contribution in [0.1, 0.15) is 5.56 Å². The maximum atomic E-state index is 12.0. The van der Waals surface area contributed by atoms with Crippen molar-refractivity contribution in [1.29, 1.82) is 0 Å². The number of ether oxygens (including phenoxy) is 2. The van der Waals surface area contributed by atoms with E-state index in [2.05, 4.69) is 15.5 Å². The summed E-state index contributed by atoms with van der Waals surface area (Å²) in [7, 11) is 1.48. The summed E-state index contributed by atoms with van der Waals surface area (Å²) >= 11 is 2.91. The molecule has 2 amide bonds. The van der Waals surface area contributed by atoms with E-state index in [4.69, 9.17) is 15.2 Å². The molecule has 8 nitrogen and oxygen atoms in total. The predicted molar refractivity (Wildman–Crippen MR) is 114 cm³/mol. The Kier molecular flexibility index (Phi) is 7.04. The van der Waals surface area contributed by atoms with Crippen molar-refractivity contribution >= 4 is 51.3 Å². The van der Waals surface area contributed by atoms with E-state index in [1.807, 2.05) is 24.3 Å². The fourth-order valence-corrected chi connectivity index (χ4v) is 4.14. The number of aromatic nitrogens is 1. The van der Waals surface area contributed by atoms with Crippen molar-refractivity contribution in [2.75, 3.05) is 19.5 Å². The Morgan fingerprint density at radius 3 is 2.86 bits per heavy atom. The van der Waals surface area contributed by atoms with Crippen LogP contribution in [0.3, 0.4) is 0 Å². The summed E-state index contributed by atoms with van der Waals surface area (Å²) in [5.74, 6) is 0.205. The molecule has 0 unspecified atom stereocenters. The largest absolute Gasteiger partial charge is 0.493 e. The van der Waals surface area contributed by atoms with E-state index in [0.29, 0.717) is 17.1 Å². The number of primary amides is 1. The highest BCUT2D eigenvalue weighted by molar-refractivity contribution is 8.01. The van der Waals surface area contributed by atoms with Crippen LogP contribution in [0.5, 0.6) is 11.5 Å². The van der Waals surface area contributed by atoms with Crippen LogP contribution >= 0.6 is 23.1 Å². The van der Waals surface area contributed by atoms with Gasteiger partial charge in [-0.25, -0.2) is 10.4 Å². The average Bonchev–Trinajstić information content (AvgIpc) is 3.14. The minimum atomic E-state index is -0.580. The van der Waals surface area contributed by atoms with Crippen molar-refractivity contribution in [1.82, 2.24) is 10.4 Å². The quantitative estimate of drug-likeness (QED) is 0.306. The zero-order valence-electron chi connectivity index (χ0n) is 15.5. The number of carbonyl (C=O) groups excluding carboxylic acids is 2. The molecule has 0 fully saturated rings. The van der Waals surface area contributed by atoms with Gasteiger partial charge in [-0.05, 0) is 35.9 Å². The Balaban J connectivity index is 1.51. The molecular formula is C19H18N4O4S2. The fraction of sp³-hybridized carbons (Fsp3) is 0.158. The summed E-state index contributed by atoms with van der Waals surface area (Å²) in [6.45, 7) is -0.244. The molecule has 0 bridgehead atoms. The second-order valence-corrected chi connectivity index (χ2v) is 7.95. The fourth-order valence-electron chi connectivity index (χ4n) is 2.28. The van der Waals surface area contributed by atoms with Gasteiger partial charge in [0.2, 0.25) is 0 Å². The van der Waals surface area contributed by atoms with Crippen molar-refractivity contribution in [2.45, 2.75) is 4.34 Å². The van der Waals surface area contributed by atoms with Crippen molar-refractivity contribution in [2.24, 2.45) is 10.8 Å². The maximum Gasteiger partial charge on any atom is 0.255 e. The highest BCUT2D eigenvalue weighted by atomic mass is 32.2. The van der Waals surface area contributed by atoms with Gasteiger partial charge in [0.15, 0.2) is 22.4 Å². The van der Waals surface area contributed by atoms with Crippen LogP contribution in [0.25, 0.3) is 10.2 Å². The Bertz CT molecular complexity index is 1020.